The van der Waals surface area contributed by atoms with Crippen LogP contribution < -0.4 is 0 Å². The van der Waals surface area contributed by atoms with Crippen molar-refractivity contribution >= 4 is 29.2 Å². The number of aromatic hydroxyl groups is 2. The number of hydrogen-bond acceptors (Lipinski definition) is 4. The number of hydrogen-bond donors (Lipinski definition) is 2. The maximum atomic E-state index is 12.9. The lowest BCUT2D eigenvalue weighted by Gasteiger charge is -2.18. The minimum Gasteiger partial charge on any atom is -0.506 e. The van der Waals surface area contributed by atoms with Crippen LogP contribution >= 0.6 is 23.2 Å². The van der Waals surface area contributed by atoms with Crippen LogP contribution in [0.1, 0.15) is 28.2 Å². The van der Waals surface area contributed by atoms with Gasteiger partial charge in [0.25, 0.3) is 0 Å². The molecule has 2 N–H and O–H groups in total. The van der Waals surface area contributed by atoms with Gasteiger partial charge < -0.3 is 14.9 Å². The number of carbonyl (C=O) groups is 1. The first-order valence-electron chi connectivity index (χ1n) is 8.54. The van der Waals surface area contributed by atoms with E-state index in [4.69, 9.17) is 27.9 Å². The van der Waals surface area contributed by atoms with Crippen molar-refractivity contribution in [2.45, 2.75) is 19.4 Å². The number of benzene rings is 3. The molecule has 0 heterocycles. The standard InChI is InChI=1S/C22H18Cl2O4/c1-13-2-4-14(5-3-13)12-28-22(27)21(15-6-8-19(25)17(23)10-15)16-7-9-20(26)18(24)11-16/h2-11,21,25-26H,12H2,1H3. The molecule has 0 unspecified atom stereocenters. The van der Waals surface area contributed by atoms with Crippen LogP contribution in [0, 0.1) is 6.92 Å². The van der Waals surface area contributed by atoms with Crippen molar-refractivity contribution in [3.05, 3.63) is 93.0 Å². The molecule has 0 aliphatic heterocycles. The number of esters is 1. The van der Waals surface area contributed by atoms with Crippen LogP contribution in [0.5, 0.6) is 11.5 Å². The largest absolute Gasteiger partial charge is 0.506 e. The number of aryl methyl sites for hydroxylation is 1. The summed E-state index contributed by atoms with van der Waals surface area (Å²) in [5.74, 6) is -1.48. The molecule has 0 fully saturated rings. The molecule has 3 aromatic rings. The maximum Gasteiger partial charge on any atom is 0.318 e. The predicted octanol–water partition coefficient (Wildman–Crippen LogP) is 5.59. The Hall–Kier alpha value is -2.69. The van der Waals surface area contributed by atoms with Crippen LogP contribution in [-0.4, -0.2) is 16.2 Å². The van der Waals surface area contributed by atoms with E-state index in [9.17, 15) is 15.0 Å². The zero-order chi connectivity index (χ0) is 20.3. The summed E-state index contributed by atoms with van der Waals surface area (Å²) in [5, 5.41) is 19.6. The Kier molecular flexibility index (Phi) is 6.12. The first kappa shape index (κ1) is 20.1. The van der Waals surface area contributed by atoms with Gasteiger partial charge in [0.15, 0.2) is 0 Å². The van der Waals surface area contributed by atoms with Gasteiger partial charge in [0, 0.05) is 0 Å². The fourth-order valence-corrected chi connectivity index (χ4v) is 3.17. The minimum absolute atomic E-state index is 0.0825. The molecule has 6 heteroatoms. The molecule has 28 heavy (non-hydrogen) atoms. The SMILES string of the molecule is Cc1ccc(COC(=O)C(c2ccc(O)c(Cl)c2)c2ccc(O)c(Cl)c2)cc1. The summed E-state index contributed by atoms with van der Waals surface area (Å²) in [7, 11) is 0. The normalized spacial score (nSPS) is 10.9. The average Bonchev–Trinajstić information content (AvgIpc) is 2.67. The van der Waals surface area contributed by atoms with E-state index in [0.29, 0.717) is 11.1 Å². The molecule has 0 spiro atoms. The quantitative estimate of drug-likeness (QED) is 0.532. The molecule has 0 bridgehead atoms. The van der Waals surface area contributed by atoms with Crippen LogP contribution in [0.25, 0.3) is 0 Å². The van der Waals surface area contributed by atoms with Crippen LogP contribution in [0.2, 0.25) is 10.0 Å². The summed E-state index contributed by atoms with van der Waals surface area (Å²) < 4.78 is 5.53. The summed E-state index contributed by atoms with van der Waals surface area (Å²) >= 11 is 12.1. The Morgan fingerprint density at radius 3 is 1.86 bits per heavy atom. The summed E-state index contributed by atoms with van der Waals surface area (Å²) in [4.78, 5) is 12.9. The molecule has 0 aromatic heterocycles. The predicted molar refractivity (Wildman–Crippen MR) is 109 cm³/mol. The van der Waals surface area contributed by atoms with E-state index in [0.717, 1.165) is 11.1 Å². The van der Waals surface area contributed by atoms with E-state index < -0.39 is 11.9 Å². The van der Waals surface area contributed by atoms with Crippen LogP contribution in [0.4, 0.5) is 0 Å². The van der Waals surface area contributed by atoms with E-state index in [2.05, 4.69) is 0 Å². The lowest BCUT2D eigenvalue weighted by atomic mass is 9.91. The van der Waals surface area contributed by atoms with Gasteiger partial charge in [-0.2, -0.15) is 0 Å². The zero-order valence-corrected chi connectivity index (χ0v) is 16.5. The fourth-order valence-electron chi connectivity index (χ4n) is 2.79. The van der Waals surface area contributed by atoms with E-state index in [-0.39, 0.29) is 28.2 Å². The Balaban J connectivity index is 1.92. The molecule has 0 radical (unpaired) electrons. The lowest BCUT2D eigenvalue weighted by molar-refractivity contribution is -0.145. The molecule has 0 atom stereocenters. The number of rotatable bonds is 5. The molecule has 144 valence electrons. The van der Waals surface area contributed by atoms with Gasteiger partial charge in [-0.1, -0.05) is 65.2 Å². The van der Waals surface area contributed by atoms with Gasteiger partial charge in [0.1, 0.15) is 24.0 Å². The third-order valence-corrected chi connectivity index (χ3v) is 4.95. The zero-order valence-electron chi connectivity index (χ0n) is 15.0. The monoisotopic (exact) mass is 416 g/mol. The number of carbonyl (C=O) groups excluding carboxylic acids is 1. The second-order valence-electron chi connectivity index (χ2n) is 6.45. The molecule has 0 amide bonds. The van der Waals surface area contributed by atoms with E-state index in [1.165, 1.54) is 24.3 Å². The van der Waals surface area contributed by atoms with Crippen molar-refractivity contribution in [2.75, 3.05) is 0 Å². The number of phenols is 2. The number of phenolic OH excluding ortho intramolecular Hbond substituents is 2. The van der Waals surface area contributed by atoms with Crippen molar-refractivity contribution in [1.82, 2.24) is 0 Å². The Morgan fingerprint density at radius 1 is 0.893 bits per heavy atom. The van der Waals surface area contributed by atoms with Crippen LogP contribution in [0.3, 0.4) is 0 Å². The van der Waals surface area contributed by atoms with Crippen LogP contribution in [-0.2, 0) is 16.1 Å². The molecule has 3 aromatic carbocycles. The summed E-state index contributed by atoms with van der Waals surface area (Å²) in [6.07, 6.45) is 0. The summed E-state index contributed by atoms with van der Waals surface area (Å²) in [6, 6.07) is 16.7. The fraction of sp³-hybridized carbons (Fsp3) is 0.136. The van der Waals surface area contributed by atoms with E-state index in [1.807, 2.05) is 31.2 Å². The van der Waals surface area contributed by atoms with Crippen molar-refractivity contribution in [3.63, 3.8) is 0 Å². The number of ether oxygens (including phenoxy) is 1. The highest BCUT2D eigenvalue weighted by atomic mass is 35.5. The summed E-state index contributed by atoms with van der Waals surface area (Å²) in [6.45, 7) is 2.10. The maximum absolute atomic E-state index is 12.9. The van der Waals surface area contributed by atoms with Crippen molar-refractivity contribution in [1.29, 1.82) is 0 Å². The molecule has 0 aliphatic rings. The van der Waals surface area contributed by atoms with E-state index >= 15 is 0 Å². The molecular weight excluding hydrogens is 399 g/mol. The highest BCUT2D eigenvalue weighted by Gasteiger charge is 2.26. The van der Waals surface area contributed by atoms with Gasteiger partial charge in [-0.05, 0) is 47.9 Å². The van der Waals surface area contributed by atoms with Gasteiger partial charge in [-0.15, -0.1) is 0 Å². The van der Waals surface area contributed by atoms with Gasteiger partial charge in [-0.25, -0.2) is 0 Å². The average molecular weight is 417 g/mol. The van der Waals surface area contributed by atoms with Gasteiger partial charge in [-0.3, -0.25) is 4.79 Å². The summed E-state index contributed by atoms with van der Waals surface area (Å²) in [5.41, 5.74) is 3.06. The third kappa shape index (κ3) is 4.58. The second kappa shape index (κ2) is 8.55. The second-order valence-corrected chi connectivity index (χ2v) is 7.26. The molecule has 4 nitrogen and oxygen atoms in total. The van der Waals surface area contributed by atoms with Gasteiger partial charge in [0.2, 0.25) is 0 Å². The molecule has 3 rings (SSSR count). The highest BCUT2D eigenvalue weighted by Crippen LogP contribution is 2.35. The Labute approximate surface area is 172 Å². The third-order valence-electron chi connectivity index (χ3n) is 4.35. The molecule has 0 saturated heterocycles. The molecule has 0 aliphatic carbocycles. The first-order chi connectivity index (χ1) is 13.3. The smallest absolute Gasteiger partial charge is 0.318 e. The lowest BCUT2D eigenvalue weighted by Crippen LogP contribution is -2.17. The van der Waals surface area contributed by atoms with Crippen molar-refractivity contribution in [2.24, 2.45) is 0 Å². The first-order valence-corrected chi connectivity index (χ1v) is 9.30. The Bertz CT molecular complexity index is 948. The van der Waals surface area contributed by atoms with Gasteiger partial charge in [0.05, 0.1) is 10.0 Å². The minimum atomic E-state index is -0.818. The topological polar surface area (TPSA) is 66.8 Å². The number of halogens is 2. The van der Waals surface area contributed by atoms with Crippen molar-refractivity contribution < 1.29 is 19.7 Å². The van der Waals surface area contributed by atoms with Crippen LogP contribution in [0.15, 0.2) is 60.7 Å². The van der Waals surface area contributed by atoms with Gasteiger partial charge >= 0.3 is 5.97 Å². The molecule has 0 saturated carbocycles. The Morgan fingerprint density at radius 2 is 1.39 bits per heavy atom. The molecular formula is C22H18Cl2O4. The highest BCUT2D eigenvalue weighted by molar-refractivity contribution is 6.32. The van der Waals surface area contributed by atoms with E-state index in [1.54, 1.807) is 12.1 Å². The van der Waals surface area contributed by atoms with Crippen molar-refractivity contribution in [3.8, 4) is 11.5 Å².